The third-order valence-corrected chi connectivity index (χ3v) is 2.44. The Morgan fingerprint density at radius 3 is 3.14 bits per heavy atom. The first-order valence-corrected chi connectivity index (χ1v) is 4.86. The molecule has 73 valence electrons. The van der Waals surface area contributed by atoms with Gasteiger partial charge in [-0.05, 0) is 30.9 Å². The van der Waals surface area contributed by atoms with E-state index < -0.39 is 0 Å². The average molecular weight is 191 g/mol. The van der Waals surface area contributed by atoms with E-state index in [1.54, 1.807) is 0 Å². The fourth-order valence-corrected chi connectivity index (χ4v) is 1.39. The Labute approximate surface area is 82.6 Å². The van der Waals surface area contributed by atoms with Gasteiger partial charge in [0.25, 0.3) is 0 Å². The molecule has 3 heteroatoms. The van der Waals surface area contributed by atoms with Gasteiger partial charge in [0.1, 0.15) is 5.75 Å². The Morgan fingerprint density at radius 2 is 2.29 bits per heavy atom. The minimum atomic E-state index is 0.290. The second-order valence-corrected chi connectivity index (χ2v) is 3.68. The number of fused-ring (bicyclic) bond motifs is 1. The van der Waals surface area contributed by atoms with Crippen molar-refractivity contribution in [3.63, 3.8) is 0 Å². The van der Waals surface area contributed by atoms with E-state index in [2.05, 4.69) is 6.07 Å². The summed E-state index contributed by atoms with van der Waals surface area (Å²) in [7, 11) is 0. The molecular weight excluding hydrogens is 180 g/mol. The highest BCUT2D eigenvalue weighted by Gasteiger charge is 2.22. The summed E-state index contributed by atoms with van der Waals surface area (Å²) in [5.41, 5.74) is 0. The fourth-order valence-electron chi connectivity index (χ4n) is 1.39. The number of ether oxygens (including phenoxy) is 3. The van der Waals surface area contributed by atoms with Crippen LogP contribution >= 0.6 is 0 Å². The van der Waals surface area contributed by atoms with Gasteiger partial charge in [-0.25, -0.2) is 0 Å². The van der Waals surface area contributed by atoms with Crippen LogP contribution in [0.5, 0.6) is 17.2 Å². The largest absolute Gasteiger partial charge is 0.493 e. The topological polar surface area (TPSA) is 27.7 Å². The van der Waals surface area contributed by atoms with Gasteiger partial charge in [-0.2, -0.15) is 0 Å². The highest BCUT2D eigenvalue weighted by atomic mass is 16.7. The summed E-state index contributed by atoms with van der Waals surface area (Å²) in [4.78, 5) is 0. The number of rotatable bonds is 3. The Morgan fingerprint density at radius 1 is 1.36 bits per heavy atom. The molecule has 0 unspecified atom stereocenters. The van der Waals surface area contributed by atoms with Gasteiger partial charge in [-0.15, -0.1) is 0 Å². The van der Waals surface area contributed by atoms with Gasteiger partial charge in [0.15, 0.2) is 11.5 Å². The van der Waals surface area contributed by atoms with E-state index in [4.69, 9.17) is 14.2 Å². The summed E-state index contributed by atoms with van der Waals surface area (Å²) in [5.74, 6) is 2.93. The molecule has 1 aliphatic heterocycles. The molecule has 14 heavy (non-hydrogen) atoms. The van der Waals surface area contributed by atoms with Crippen LogP contribution in [0, 0.1) is 12.0 Å². The zero-order valence-electron chi connectivity index (χ0n) is 7.79. The summed E-state index contributed by atoms with van der Waals surface area (Å²) >= 11 is 0. The molecule has 0 amide bonds. The van der Waals surface area contributed by atoms with Crippen LogP contribution in [0.3, 0.4) is 0 Å². The van der Waals surface area contributed by atoms with E-state index in [1.807, 2.05) is 12.1 Å². The van der Waals surface area contributed by atoms with Crippen molar-refractivity contribution in [2.75, 3.05) is 13.4 Å². The van der Waals surface area contributed by atoms with Crippen molar-refractivity contribution < 1.29 is 14.2 Å². The van der Waals surface area contributed by atoms with Gasteiger partial charge in [-0.3, -0.25) is 0 Å². The molecule has 0 aromatic heterocycles. The molecule has 3 nitrogen and oxygen atoms in total. The van der Waals surface area contributed by atoms with E-state index in [9.17, 15) is 0 Å². The van der Waals surface area contributed by atoms with Gasteiger partial charge in [-0.1, -0.05) is 0 Å². The molecular formula is C11H11O3. The van der Waals surface area contributed by atoms with Crippen LogP contribution in [0.4, 0.5) is 0 Å². The summed E-state index contributed by atoms with van der Waals surface area (Å²) in [6, 6.07) is 6.77. The Bertz CT molecular complexity index is 344. The molecule has 0 N–H and O–H groups in total. The zero-order chi connectivity index (χ0) is 9.38. The van der Waals surface area contributed by atoms with Gasteiger partial charge in [0.2, 0.25) is 6.79 Å². The second kappa shape index (κ2) is 3.08. The van der Waals surface area contributed by atoms with Gasteiger partial charge in [0, 0.05) is 0 Å². The number of hydrogen-bond acceptors (Lipinski definition) is 3. The van der Waals surface area contributed by atoms with E-state index in [1.165, 1.54) is 12.8 Å². The van der Waals surface area contributed by atoms with Gasteiger partial charge >= 0.3 is 0 Å². The maximum atomic E-state index is 5.56. The van der Waals surface area contributed by atoms with Crippen molar-refractivity contribution >= 4 is 0 Å². The third kappa shape index (κ3) is 1.50. The first-order chi connectivity index (χ1) is 6.92. The third-order valence-electron chi connectivity index (χ3n) is 2.44. The predicted octanol–water partition coefficient (Wildman–Crippen LogP) is 2.00. The Kier molecular flexibility index (Phi) is 1.76. The number of benzene rings is 1. The highest BCUT2D eigenvalue weighted by Crippen LogP contribution is 2.35. The first kappa shape index (κ1) is 7.97. The molecule has 3 rings (SSSR count). The van der Waals surface area contributed by atoms with Gasteiger partial charge < -0.3 is 14.2 Å². The van der Waals surface area contributed by atoms with Crippen molar-refractivity contribution in [3.05, 3.63) is 18.2 Å². The molecule has 0 atom stereocenters. The van der Waals surface area contributed by atoms with Crippen LogP contribution in [0.15, 0.2) is 12.1 Å². The lowest BCUT2D eigenvalue weighted by molar-refractivity contribution is 0.173. The van der Waals surface area contributed by atoms with Crippen LogP contribution < -0.4 is 14.2 Å². The lowest BCUT2D eigenvalue weighted by atomic mass is 10.3. The molecule has 0 saturated heterocycles. The minimum Gasteiger partial charge on any atom is -0.493 e. The highest BCUT2D eigenvalue weighted by molar-refractivity contribution is 5.45. The lowest BCUT2D eigenvalue weighted by Crippen LogP contribution is -1.98. The van der Waals surface area contributed by atoms with Crippen molar-refractivity contribution in [1.82, 2.24) is 0 Å². The van der Waals surface area contributed by atoms with E-state index in [-0.39, 0.29) is 6.79 Å². The molecule has 1 aromatic carbocycles. The molecule has 2 aliphatic rings. The van der Waals surface area contributed by atoms with E-state index in [0.717, 1.165) is 24.0 Å². The lowest BCUT2D eigenvalue weighted by Gasteiger charge is -2.04. The summed E-state index contributed by atoms with van der Waals surface area (Å²) in [6.45, 7) is 1.09. The quantitative estimate of drug-likeness (QED) is 0.731. The molecule has 1 fully saturated rings. The zero-order valence-corrected chi connectivity index (χ0v) is 7.79. The molecule has 0 spiro atoms. The Hall–Kier alpha value is -1.38. The summed E-state index contributed by atoms with van der Waals surface area (Å²) in [6.07, 6.45) is 2.59. The van der Waals surface area contributed by atoms with Crippen LogP contribution in [-0.2, 0) is 0 Å². The van der Waals surface area contributed by atoms with Crippen LogP contribution in [0.25, 0.3) is 0 Å². The van der Waals surface area contributed by atoms with Crippen molar-refractivity contribution in [2.24, 2.45) is 5.92 Å². The number of hydrogen-bond donors (Lipinski definition) is 0. The summed E-state index contributed by atoms with van der Waals surface area (Å²) < 4.78 is 16.0. The Balaban J connectivity index is 1.71. The first-order valence-electron chi connectivity index (χ1n) is 4.86. The molecule has 1 aromatic rings. The van der Waals surface area contributed by atoms with E-state index >= 15 is 0 Å². The van der Waals surface area contributed by atoms with E-state index in [0.29, 0.717) is 5.75 Å². The van der Waals surface area contributed by atoms with Crippen LogP contribution in [0.2, 0.25) is 0 Å². The second-order valence-electron chi connectivity index (χ2n) is 3.68. The monoisotopic (exact) mass is 191 g/mol. The standard InChI is InChI=1S/C11H11O3/c1-2-8(1)6-12-9-3-4-10-11(5-9)14-7-13-10/h3-4,8H,1-2,6-7H2. The molecule has 1 radical (unpaired) electrons. The maximum absolute atomic E-state index is 5.56. The molecule has 1 saturated carbocycles. The molecule has 1 heterocycles. The van der Waals surface area contributed by atoms with Crippen LogP contribution in [-0.4, -0.2) is 13.4 Å². The van der Waals surface area contributed by atoms with Crippen molar-refractivity contribution in [3.8, 4) is 17.2 Å². The predicted molar refractivity (Wildman–Crippen MR) is 49.6 cm³/mol. The average Bonchev–Trinajstić information content (AvgIpc) is 2.92. The van der Waals surface area contributed by atoms with Crippen LogP contribution in [0.1, 0.15) is 12.8 Å². The summed E-state index contributed by atoms with van der Waals surface area (Å²) in [5, 5.41) is 0. The van der Waals surface area contributed by atoms with Crippen molar-refractivity contribution in [1.29, 1.82) is 0 Å². The molecule has 0 bridgehead atoms. The fraction of sp³-hybridized carbons (Fsp3) is 0.455. The minimum absolute atomic E-state index is 0.290. The van der Waals surface area contributed by atoms with Gasteiger partial charge in [0.05, 0.1) is 12.7 Å². The van der Waals surface area contributed by atoms with Crippen molar-refractivity contribution in [2.45, 2.75) is 12.8 Å². The molecule has 1 aliphatic carbocycles. The smallest absolute Gasteiger partial charge is 0.231 e. The normalized spacial score (nSPS) is 18.3. The SMILES string of the molecule is [c]1c(OCC2CC2)ccc2c1OCO2. The maximum Gasteiger partial charge on any atom is 0.231 e.